The van der Waals surface area contributed by atoms with Gasteiger partial charge in [0.05, 0.1) is 6.54 Å². The molecule has 4 nitrogen and oxygen atoms in total. The van der Waals surface area contributed by atoms with Gasteiger partial charge in [-0.25, -0.2) is 0 Å². The second-order valence-corrected chi connectivity index (χ2v) is 5.61. The third-order valence-corrected chi connectivity index (χ3v) is 3.55. The molecule has 2 N–H and O–H groups in total. The van der Waals surface area contributed by atoms with Crippen LogP contribution in [0.1, 0.15) is 18.1 Å². The van der Waals surface area contributed by atoms with Crippen molar-refractivity contribution in [3.05, 3.63) is 59.7 Å². The number of nitrogens with one attached hydrogen (secondary N) is 2. The zero-order valence-corrected chi connectivity index (χ0v) is 13.0. The maximum absolute atomic E-state index is 6.03. The van der Waals surface area contributed by atoms with Gasteiger partial charge < -0.3 is 15.4 Å². The van der Waals surface area contributed by atoms with Crippen LogP contribution in [0.25, 0.3) is 0 Å². The van der Waals surface area contributed by atoms with Gasteiger partial charge in [0.25, 0.3) is 0 Å². The number of rotatable bonds is 4. The quantitative estimate of drug-likeness (QED) is 0.910. The van der Waals surface area contributed by atoms with Crippen LogP contribution < -0.4 is 15.4 Å². The van der Waals surface area contributed by atoms with Crippen molar-refractivity contribution < 1.29 is 4.74 Å². The van der Waals surface area contributed by atoms with Crippen LogP contribution in [0.4, 0.5) is 0 Å². The topological polar surface area (TPSA) is 45.7 Å². The summed E-state index contributed by atoms with van der Waals surface area (Å²) in [7, 11) is 0. The van der Waals surface area contributed by atoms with E-state index in [0.717, 1.165) is 29.6 Å². The summed E-state index contributed by atoms with van der Waals surface area (Å²) in [6.45, 7) is 5.69. The highest BCUT2D eigenvalue weighted by Gasteiger charge is 2.13. The first kappa shape index (κ1) is 14.4. The first-order chi connectivity index (χ1) is 10.7. The summed E-state index contributed by atoms with van der Waals surface area (Å²) in [5, 5.41) is 6.64. The van der Waals surface area contributed by atoms with Gasteiger partial charge in [-0.05, 0) is 37.6 Å². The van der Waals surface area contributed by atoms with E-state index in [0.29, 0.717) is 12.6 Å². The third-order valence-electron chi connectivity index (χ3n) is 3.55. The molecule has 0 saturated heterocycles. The van der Waals surface area contributed by atoms with Crippen LogP contribution in [0.15, 0.2) is 53.5 Å². The molecule has 22 heavy (non-hydrogen) atoms. The summed E-state index contributed by atoms with van der Waals surface area (Å²) >= 11 is 0. The van der Waals surface area contributed by atoms with Crippen molar-refractivity contribution in [2.45, 2.75) is 26.4 Å². The molecule has 4 heteroatoms. The van der Waals surface area contributed by atoms with E-state index in [4.69, 9.17) is 4.74 Å². The molecule has 2 aromatic rings. The van der Waals surface area contributed by atoms with Crippen LogP contribution >= 0.6 is 0 Å². The van der Waals surface area contributed by atoms with E-state index in [1.165, 1.54) is 5.56 Å². The number of guanidine groups is 1. The third kappa shape index (κ3) is 3.58. The van der Waals surface area contributed by atoms with Gasteiger partial charge in [-0.1, -0.05) is 30.3 Å². The van der Waals surface area contributed by atoms with Gasteiger partial charge in [0.2, 0.25) is 0 Å². The predicted octanol–water partition coefficient (Wildman–Crippen LogP) is 3.22. The number of nitrogens with zero attached hydrogens (tertiary/aromatic N) is 1. The maximum atomic E-state index is 6.03. The van der Waals surface area contributed by atoms with Gasteiger partial charge in [-0.15, -0.1) is 0 Å². The van der Waals surface area contributed by atoms with Crippen LogP contribution in [0.5, 0.6) is 11.5 Å². The summed E-state index contributed by atoms with van der Waals surface area (Å²) in [5.74, 6) is 2.59. The van der Waals surface area contributed by atoms with Crippen LogP contribution in [-0.2, 0) is 6.54 Å². The number of aliphatic imine (C=N–C) groups is 1. The van der Waals surface area contributed by atoms with Gasteiger partial charge in [-0.3, -0.25) is 4.99 Å². The Morgan fingerprint density at radius 2 is 2.05 bits per heavy atom. The molecule has 0 radical (unpaired) electrons. The van der Waals surface area contributed by atoms with Crippen molar-refractivity contribution in [2.75, 3.05) is 6.54 Å². The number of ether oxygens (including phenoxy) is 1. The van der Waals surface area contributed by atoms with Gasteiger partial charge >= 0.3 is 0 Å². The Morgan fingerprint density at radius 1 is 1.23 bits per heavy atom. The Morgan fingerprint density at radius 3 is 2.77 bits per heavy atom. The molecule has 114 valence electrons. The largest absolute Gasteiger partial charge is 0.457 e. The van der Waals surface area contributed by atoms with E-state index < -0.39 is 0 Å². The number of para-hydroxylation sites is 1. The van der Waals surface area contributed by atoms with Gasteiger partial charge in [0.15, 0.2) is 5.96 Å². The van der Waals surface area contributed by atoms with Crippen molar-refractivity contribution in [2.24, 2.45) is 4.99 Å². The molecule has 0 spiro atoms. The molecule has 2 aromatic carbocycles. The molecule has 0 aromatic heterocycles. The van der Waals surface area contributed by atoms with E-state index in [-0.39, 0.29) is 0 Å². The predicted molar refractivity (Wildman–Crippen MR) is 89.4 cm³/mol. The second kappa shape index (κ2) is 6.52. The van der Waals surface area contributed by atoms with Gasteiger partial charge in [-0.2, -0.15) is 0 Å². The SMILES string of the molecule is Cc1ccc(CNC2=NCC(C)N2)c(Oc2ccccc2)c1. The number of hydrogen-bond donors (Lipinski definition) is 2. The Bertz CT molecular complexity index is 667. The van der Waals surface area contributed by atoms with E-state index in [2.05, 4.69) is 47.7 Å². The maximum Gasteiger partial charge on any atom is 0.191 e. The van der Waals surface area contributed by atoms with Crippen LogP contribution in [0.2, 0.25) is 0 Å². The molecular formula is C18H21N3O. The number of aryl methyl sites for hydroxylation is 1. The lowest BCUT2D eigenvalue weighted by molar-refractivity contribution is 0.475. The lowest BCUT2D eigenvalue weighted by Gasteiger charge is -2.14. The summed E-state index contributed by atoms with van der Waals surface area (Å²) < 4.78 is 6.03. The zero-order chi connectivity index (χ0) is 15.4. The molecule has 1 heterocycles. The fraction of sp³-hybridized carbons (Fsp3) is 0.278. The van der Waals surface area contributed by atoms with Crippen molar-refractivity contribution in [3.63, 3.8) is 0 Å². The van der Waals surface area contributed by atoms with E-state index in [1.807, 2.05) is 30.3 Å². The Balaban J connectivity index is 1.73. The fourth-order valence-corrected chi connectivity index (χ4v) is 2.36. The summed E-state index contributed by atoms with van der Waals surface area (Å²) in [5.41, 5.74) is 2.29. The molecule has 0 fully saturated rings. The molecule has 0 aliphatic carbocycles. The van der Waals surface area contributed by atoms with E-state index in [9.17, 15) is 0 Å². The Kier molecular flexibility index (Phi) is 4.28. The standard InChI is InChI=1S/C18H21N3O/c1-13-8-9-15(12-20-18-19-11-14(2)21-18)17(10-13)22-16-6-4-3-5-7-16/h3-10,14H,11-12H2,1-2H3,(H2,19,20,21). The fourth-order valence-electron chi connectivity index (χ4n) is 2.36. The minimum atomic E-state index is 0.403. The van der Waals surface area contributed by atoms with Crippen LogP contribution in [-0.4, -0.2) is 18.5 Å². The molecule has 1 aliphatic rings. The Labute approximate surface area is 131 Å². The minimum Gasteiger partial charge on any atom is -0.457 e. The highest BCUT2D eigenvalue weighted by atomic mass is 16.5. The molecule has 1 atom stereocenters. The smallest absolute Gasteiger partial charge is 0.191 e. The van der Waals surface area contributed by atoms with Crippen molar-refractivity contribution in [1.29, 1.82) is 0 Å². The summed E-state index contributed by atoms with van der Waals surface area (Å²) in [6, 6.07) is 16.5. The molecule has 0 amide bonds. The van der Waals surface area contributed by atoms with E-state index >= 15 is 0 Å². The van der Waals surface area contributed by atoms with E-state index in [1.54, 1.807) is 0 Å². The number of hydrogen-bond acceptors (Lipinski definition) is 4. The molecule has 0 saturated carbocycles. The normalized spacial score (nSPS) is 16.8. The average Bonchev–Trinajstić information content (AvgIpc) is 2.93. The summed E-state index contributed by atoms with van der Waals surface area (Å²) in [6.07, 6.45) is 0. The van der Waals surface area contributed by atoms with Crippen molar-refractivity contribution >= 4 is 5.96 Å². The first-order valence-corrected chi connectivity index (χ1v) is 7.58. The van der Waals surface area contributed by atoms with Gasteiger partial charge in [0.1, 0.15) is 11.5 Å². The summed E-state index contributed by atoms with van der Waals surface area (Å²) in [4.78, 5) is 4.42. The lowest BCUT2D eigenvalue weighted by atomic mass is 10.1. The van der Waals surface area contributed by atoms with Crippen LogP contribution in [0.3, 0.4) is 0 Å². The Hall–Kier alpha value is -2.49. The van der Waals surface area contributed by atoms with Crippen molar-refractivity contribution in [3.8, 4) is 11.5 Å². The molecule has 3 rings (SSSR count). The highest BCUT2D eigenvalue weighted by molar-refractivity contribution is 5.81. The monoisotopic (exact) mass is 295 g/mol. The van der Waals surface area contributed by atoms with Gasteiger partial charge in [0, 0.05) is 18.2 Å². The lowest BCUT2D eigenvalue weighted by Crippen LogP contribution is -2.37. The second-order valence-electron chi connectivity index (χ2n) is 5.61. The molecule has 0 bridgehead atoms. The average molecular weight is 295 g/mol. The highest BCUT2D eigenvalue weighted by Crippen LogP contribution is 2.26. The zero-order valence-electron chi connectivity index (χ0n) is 13.0. The molecular weight excluding hydrogens is 274 g/mol. The van der Waals surface area contributed by atoms with Crippen molar-refractivity contribution in [1.82, 2.24) is 10.6 Å². The first-order valence-electron chi connectivity index (χ1n) is 7.58. The number of benzene rings is 2. The molecule has 1 unspecified atom stereocenters. The minimum absolute atomic E-state index is 0.403. The van der Waals surface area contributed by atoms with Crippen LogP contribution in [0, 0.1) is 6.92 Å². The molecule has 1 aliphatic heterocycles.